The lowest BCUT2D eigenvalue weighted by atomic mass is 9.96. The first-order valence-corrected chi connectivity index (χ1v) is 11.3. The minimum absolute atomic E-state index is 0.681. The van der Waals surface area contributed by atoms with Crippen LogP contribution in [0.3, 0.4) is 0 Å². The summed E-state index contributed by atoms with van der Waals surface area (Å²) in [5.41, 5.74) is 4.16. The van der Waals surface area contributed by atoms with Crippen molar-refractivity contribution in [3.05, 3.63) is 35.3 Å². The number of methoxy groups -OCH3 is 3. The zero-order valence-corrected chi connectivity index (χ0v) is 20.1. The maximum atomic E-state index is 6.20. The fraction of sp³-hybridized carbons (Fsp3) is 0.654. The van der Waals surface area contributed by atoms with Crippen LogP contribution in [0.25, 0.3) is 0 Å². The first kappa shape index (κ1) is 26.4. The lowest BCUT2D eigenvalue weighted by molar-refractivity contribution is 0.192. The third-order valence-electron chi connectivity index (χ3n) is 5.52. The van der Waals surface area contributed by atoms with E-state index in [1.165, 1.54) is 50.5 Å². The van der Waals surface area contributed by atoms with E-state index in [1.807, 2.05) is 13.0 Å². The first-order chi connectivity index (χ1) is 14.5. The van der Waals surface area contributed by atoms with Crippen LogP contribution in [-0.2, 0) is 11.2 Å². The van der Waals surface area contributed by atoms with Gasteiger partial charge in [-0.05, 0) is 63.6 Å². The van der Waals surface area contributed by atoms with Crippen LogP contribution in [0.1, 0.15) is 75.0 Å². The Morgan fingerprint density at radius 1 is 0.733 bits per heavy atom. The second-order valence-electron chi connectivity index (χ2n) is 7.95. The molecule has 0 fully saturated rings. The molecule has 4 nitrogen and oxygen atoms in total. The van der Waals surface area contributed by atoms with E-state index in [-0.39, 0.29) is 0 Å². The number of hydrogen-bond donors (Lipinski definition) is 0. The van der Waals surface area contributed by atoms with Crippen LogP contribution in [0.15, 0.2) is 11.6 Å². The second-order valence-corrected chi connectivity index (χ2v) is 7.95. The van der Waals surface area contributed by atoms with E-state index in [1.54, 1.807) is 21.3 Å². The molecule has 0 saturated heterocycles. The van der Waals surface area contributed by atoms with Crippen LogP contribution in [0, 0.1) is 20.8 Å². The predicted molar refractivity (Wildman–Crippen MR) is 125 cm³/mol. The zero-order chi connectivity index (χ0) is 22.4. The normalized spacial score (nSPS) is 11.6. The second kappa shape index (κ2) is 15.2. The Kier molecular flexibility index (Phi) is 13.3. The fourth-order valence-corrected chi connectivity index (χ4v) is 3.76. The Labute approximate surface area is 184 Å². The smallest absolute Gasteiger partial charge is 0.203 e. The Bertz CT molecular complexity index is 645. The van der Waals surface area contributed by atoms with Crippen LogP contribution in [0.5, 0.6) is 17.2 Å². The van der Waals surface area contributed by atoms with E-state index >= 15 is 0 Å². The maximum absolute atomic E-state index is 6.20. The Balaban J connectivity index is 2.62. The van der Waals surface area contributed by atoms with Crippen LogP contribution < -0.4 is 14.2 Å². The van der Waals surface area contributed by atoms with Crippen LogP contribution >= 0.6 is 0 Å². The summed E-state index contributed by atoms with van der Waals surface area (Å²) in [5, 5.41) is 0. The van der Waals surface area contributed by atoms with Crippen molar-refractivity contribution >= 4 is 0 Å². The molecular formula is C26H42O4. The summed E-state index contributed by atoms with van der Waals surface area (Å²) in [6.07, 6.45) is 12.6. The van der Waals surface area contributed by atoms with Gasteiger partial charge in [0.05, 0.1) is 20.8 Å². The van der Waals surface area contributed by atoms with Crippen molar-refractivity contribution in [1.29, 1.82) is 0 Å². The molecular weight excluding hydrogens is 376 g/mol. The molecule has 0 aliphatic rings. The maximum Gasteiger partial charge on any atom is 0.203 e. The minimum atomic E-state index is 0.681. The number of ether oxygens (including phenoxy) is 4. The van der Waals surface area contributed by atoms with Gasteiger partial charge < -0.3 is 18.9 Å². The third kappa shape index (κ3) is 8.59. The Hall–Kier alpha value is -1.68. The van der Waals surface area contributed by atoms with E-state index in [0.29, 0.717) is 12.4 Å². The van der Waals surface area contributed by atoms with Gasteiger partial charge >= 0.3 is 0 Å². The van der Waals surface area contributed by atoms with Crippen molar-refractivity contribution < 1.29 is 18.9 Å². The molecule has 0 amide bonds. The van der Waals surface area contributed by atoms with E-state index in [0.717, 1.165) is 47.6 Å². The van der Waals surface area contributed by atoms with Gasteiger partial charge in [0, 0.05) is 13.7 Å². The minimum Gasteiger partial charge on any atom is -0.492 e. The van der Waals surface area contributed by atoms with Gasteiger partial charge in [0.2, 0.25) is 5.75 Å². The van der Waals surface area contributed by atoms with Crippen molar-refractivity contribution in [3.8, 4) is 17.2 Å². The molecule has 0 aliphatic heterocycles. The number of rotatable bonds is 16. The van der Waals surface area contributed by atoms with Gasteiger partial charge in [-0.1, -0.05) is 50.2 Å². The van der Waals surface area contributed by atoms with Gasteiger partial charge in [-0.25, -0.2) is 0 Å². The van der Waals surface area contributed by atoms with Crippen molar-refractivity contribution in [1.82, 2.24) is 0 Å². The summed E-state index contributed by atoms with van der Waals surface area (Å²) < 4.78 is 22.6. The molecule has 30 heavy (non-hydrogen) atoms. The summed E-state index contributed by atoms with van der Waals surface area (Å²) in [4.78, 5) is 0. The summed E-state index contributed by atoms with van der Waals surface area (Å²) in [5.74, 6) is 2.21. The summed E-state index contributed by atoms with van der Waals surface area (Å²) >= 11 is 0. The quantitative estimate of drug-likeness (QED) is 0.281. The van der Waals surface area contributed by atoms with E-state index in [4.69, 9.17) is 25.9 Å². The van der Waals surface area contributed by atoms with Crippen molar-refractivity contribution in [2.75, 3.05) is 34.5 Å². The van der Waals surface area contributed by atoms with E-state index in [2.05, 4.69) is 13.8 Å². The molecule has 170 valence electrons. The highest BCUT2D eigenvalue weighted by Gasteiger charge is 2.22. The number of allylic oxidation sites excluding steroid dienone is 2. The van der Waals surface area contributed by atoms with Gasteiger partial charge in [-0.3, -0.25) is 0 Å². The summed E-state index contributed by atoms with van der Waals surface area (Å²) in [7, 11) is 5.11. The molecule has 0 aliphatic carbocycles. The highest BCUT2D eigenvalue weighted by Crippen LogP contribution is 2.45. The lowest BCUT2D eigenvalue weighted by Gasteiger charge is -2.21. The van der Waals surface area contributed by atoms with Gasteiger partial charge in [-0.2, -0.15) is 0 Å². The SMILES string of the molecule is [CH]/C(C)=C/Cc1c(C)c(OC)c(OC)c(OCCCCCCCCCCOC)c1C. The van der Waals surface area contributed by atoms with Gasteiger partial charge in [-0.15, -0.1) is 0 Å². The third-order valence-corrected chi connectivity index (χ3v) is 5.52. The van der Waals surface area contributed by atoms with Gasteiger partial charge in [0.1, 0.15) is 0 Å². The molecule has 0 spiro atoms. The molecule has 1 aromatic carbocycles. The molecule has 2 radical (unpaired) electrons. The largest absolute Gasteiger partial charge is 0.492 e. The highest BCUT2D eigenvalue weighted by molar-refractivity contribution is 5.63. The Morgan fingerprint density at radius 3 is 1.73 bits per heavy atom. The Morgan fingerprint density at radius 2 is 1.23 bits per heavy atom. The summed E-state index contributed by atoms with van der Waals surface area (Å²) in [6.45, 7) is 13.5. The molecule has 0 N–H and O–H groups in total. The first-order valence-electron chi connectivity index (χ1n) is 11.3. The predicted octanol–water partition coefficient (Wildman–Crippen LogP) is 6.67. The molecule has 0 atom stereocenters. The van der Waals surface area contributed by atoms with Crippen LogP contribution in [-0.4, -0.2) is 34.5 Å². The van der Waals surface area contributed by atoms with Crippen molar-refractivity contribution in [2.24, 2.45) is 0 Å². The average Bonchev–Trinajstić information content (AvgIpc) is 2.72. The van der Waals surface area contributed by atoms with Crippen LogP contribution in [0.4, 0.5) is 0 Å². The lowest BCUT2D eigenvalue weighted by Crippen LogP contribution is -2.07. The monoisotopic (exact) mass is 418 g/mol. The van der Waals surface area contributed by atoms with Crippen molar-refractivity contribution in [2.45, 2.75) is 78.6 Å². The highest BCUT2D eigenvalue weighted by atomic mass is 16.5. The molecule has 4 heteroatoms. The molecule has 0 heterocycles. The molecule has 1 aromatic rings. The molecule has 0 bridgehead atoms. The topological polar surface area (TPSA) is 36.9 Å². The number of hydrogen-bond acceptors (Lipinski definition) is 4. The molecule has 0 aromatic heterocycles. The van der Waals surface area contributed by atoms with Crippen molar-refractivity contribution in [3.63, 3.8) is 0 Å². The van der Waals surface area contributed by atoms with Gasteiger partial charge in [0.15, 0.2) is 11.5 Å². The van der Waals surface area contributed by atoms with E-state index < -0.39 is 0 Å². The number of unbranched alkanes of at least 4 members (excludes halogenated alkanes) is 7. The average molecular weight is 419 g/mol. The molecule has 0 unspecified atom stereocenters. The molecule has 1 rings (SSSR count). The zero-order valence-electron chi connectivity index (χ0n) is 20.1. The number of benzene rings is 1. The van der Waals surface area contributed by atoms with Gasteiger partial charge in [0.25, 0.3) is 0 Å². The molecule has 0 saturated carbocycles. The summed E-state index contributed by atoms with van der Waals surface area (Å²) in [6, 6.07) is 0. The standard InChI is InChI=1S/C26H42O4/c1-20(2)16-17-23-21(3)24(28-6)26(29-7)25(22(23)4)30-19-15-13-11-9-8-10-12-14-18-27-5/h1,16H,8-15,17-19H2,2-7H3/b20-16-. The fourth-order valence-electron chi connectivity index (χ4n) is 3.76. The van der Waals surface area contributed by atoms with E-state index in [9.17, 15) is 0 Å². The van der Waals surface area contributed by atoms with Crippen LogP contribution in [0.2, 0.25) is 0 Å².